The Bertz CT molecular complexity index is 537. The number of aryl methyl sites for hydroxylation is 1. The number of nitrogens with zero attached hydrogens (tertiary/aromatic N) is 2. The molecule has 1 heterocycles. The highest BCUT2D eigenvalue weighted by Crippen LogP contribution is 2.32. The van der Waals surface area contributed by atoms with E-state index in [2.05, 4.69) is 5.10 Å². The number of hydrogen-bond donors (Lipinski definition) is 1. The van der Waals surface area contributed by atoms with Crippen LogP contribution in [0.1, 0.15) is 17.3 Å². The topological polar surface area (TPSA) is 62.3 Å². The normalized spacial score (nSPS) is 12.2. The van der Waals surface area contributed by atoms with E-state index in [0.29, 0.717) is 5.75 Å². The summed E-state index contributed by atoms with van der Waals surface area (Å²) < 4.78 is 12.3. The van der Waals surface area contributed by atoms with E-state index in [1.165, 1.54) is 0 Å². The van der Waals surface area contributed by atoms with Gasteiger partial charge in [-0.15, -0.1) is 0 Å². The monoisotopic (exact) mass is 247 g/mol. The van der Waals surface area contributed by atoms with Gasteiger partial charge in [0.2, 0.25) is 0 Å². The number of aromatic nitrogens is 2. The van der Waals surface area contributed by atoms with Gasteiger partial charge in [0.15, 0.2) is 5.75 Å². The Labute approximate surface area is 106 Å². The Morgan fingerprint density at radius 3 is 2.50 bits per heavy atom. The van der Waals surface area contributed by atoms with Crippen molar-refractivity contribution < 1.29 is 9.47 Å². The van der Waals surface area contributed by atoms with Crippen molar-refractivity contribution >= 4 is 0 Å². The van der Waals surface area contributed by atoms with E-state index >= 15 is 0 Å². The molecule has 0 saturated heterocycles. The zero-order valence-electron chi connectivity index (χ0n) is 10.8. The number of hydrogen-bond acceptors (Lipinski definition) is 4. The van der Waals surface area contributed by atoms with Gasteiger partial charge in [-0.3, -0.25) is 4.68 Å². The van der Waals surface area contributed by atoms with Gasteiger partial charge >= 0.3 is 0 Å². The van der Waals surface area contributed by atoms with E-state index in [4.69, 9.17) is 15.2 Å². The summed E-state index contributed by atoms with van der Waals surface area (Å²) in [5.74, 6) is 1.43. The lowest BCUT2D eigenvalue weighted by atomic mass is 10.0. The van der Waals surface area contributed by atoms with Crippen molar-refractivity contribution in [2.75, 3.05) is 14.2 Å². The first-order valence-corrected chi connectivity index (χ1v) is 5.63. The van der Waals surface area contributed by atoms with Crippen molar-refractivity contribution in [3.05, 3.63) is 41.7 Å². The molecule has 2 N–H and O–H groups in total. The molecule has 18 heavy (non-hydrogen) atoms. The minimum Gasteiger partial charge on any atom is -0.496 e. The van der Waals surface area contributed by atoms with Crippen molar-refractivity contribution in [3.8, 4) is 11.5 Å². The SMILES string of the molecule is COc1ccccc1C(N)c1c(OC)cnn1C. The summed E-state index contributed by atoms with van der Waals surface area (Å²) in [5.41, 5.74) is 8.02. The van der Waals surface area contributed by atoms with Crippen LogP contribution in [-0.4, -0.2) is 24.0 Å². The van der Waals surface area contributed by atoms with E-state index in [1.54, 1.807) is 25.1 Å². The van der Waals surface area contributed by atoms with Gasteiger partial charge in [0.1, 0.15) is 11.4 Å². The third-order valence-corrected chi connectivity index (χ3v) is 2.94. The van der Waals surface area contributed by atoms with Gasteiger partial charge < -0.3 is 15.2 Å². The molecule has 2 rings (SSSR count). The van der Waals surface area contributed by atoms with Crippen LogP contribution in [0.5, 0.6) is 11.5 Å². The fourth-order valence-corrected chi connectivity index (χ4v) is 2.01. The van der Waals surface area contributed by atoms with Crippen LogP contribution in [0.3, 0.4) is 0 Å². The van der Waals surface area contributed by atoms with Crippen LogP contribution >= 0.6 is 0 Å². The first-order chi connectivity index (χ1) is 8.69. The molecule has 1 aromatic carbocycles. The van der Waals surface area contributed by atoms with Crippen LogP contribution in [0.4, 0.5) is 0 Å². The van der Waals surface area contributed by atoms with Crippen LogP contribution < -0.4 is 15.2 Å². The van der Waals surface area contributed by atoms with Crippen molar-refractivity contribution in [2.24, 2.45) is 12.8 Å². The number of methoxy groups -OCH3 is 2. The maximum absolute atomic E-state index is 6.29. The largest absolute Gasteiger partial charge is 0.496 e. The summed E-state index contributed by atoms with van der Waals surface area (Å²) in [6.07, 6.45) is 1.66. The van der Waals surface area contributed by atoms with E-state index in [0.717, 1.165) is 17.0 Å². The highest BCUT2D eigenvalue weighted by Gasteiger charge is 2.21. The Kier molecular flexibility index (Phi) is 3.53. The predicted molar refractivity (Wildman–Crippen MR) is 68.8 cm³/mol. The first-order valence-electron chi connectivity index (χ1n) is 5.63. The quantitative estimate of drug-likeness (QED) is 0.889. The average molecular weight is 247 g/mol. The minimum absolute atomic E-state index is 0.344. The Morgan fingerprint density at radius 1 is 1.17 bits per heavy atom. The van der Waals surface area contributed by atoms with E-state index in [-0.39, 0.29) is 6.04 Å². The van der Waals surface area contributed by atoms with Gasteiger partial charge in [-0.1, -0.05) is 18.2 Å². The first kappa shape index (κ1) is 12.4. The lowest BCUT2D eigenvalue weighted by Gasteiger charge is -2.17. The maximum atomic E-state index is 6.29. The molecule has 1 aromatic heterocycles. The molecule has 0 saturated carbocycles. The maximum Gasteiger partial charge on any atom is 0.161 e. The highest BCUT2D eigenvalue weighted by atomic mass is 16.5. The van der Waals surface area contributed by atoms with Gasteiger partial charge in [-0.05, 0) is 6.07 Å². The summed E-state index contributed by atoms with van der Waals surface area (Å²) in [6.45, 7) is 0. The zero-order valence-corrected chi connectivity index (χ0v) is 10.8. The fourth-order valence-electron chi connectivity index (χ4n) is 2.01. The molecular weight excluding hydrogens is 230 g/mol. The Balaban J connectivity index is 2.47. The van der Waals surface area contributed by atoms with Crippen molar-refractivity contribution in [3.63, 3.8) is 0 Å². The average Bonchev–Trinajstić information content (AvgIpc) is 2.79. The molecule has 0 spiro atoms. The molecule has 0 aliphatic carbocycles. The number of nitrogens with two attached hydrogens (primary N) is 1. The van der Waals surface area contributed by atoms with E-state index in [9.17, 15) is 0 Å². The molecule has 5 heteroatoms. The summed E-state index contributed by atoms with van der Waals surface area (Å²) >= 11 is 0. The predicted octanol–water partition coefficient (Wildman–Crippen LogP) is 1.49. The van der Waals surface area contributed by atoms with Crippen LogP contribution in [0.15, 0.2) is 30.5 Å². The second kappa shape index (κ2) is 5.10. The van der Waals surface area contributed by atoms with Gasteiger partial charge in [0.05, 0.1) is 26.5 Å². The highest BCUT2D eigenvalue weighted by molar-refractivity contribution is 5.43. The van der Waals surface area contributed by atoms with E-state index in [1.807, 2.05) is 31.3 Å². The Morgan fingerprint density at radius 2 is 1.83 bits per heavy atom. The molecule has 0 fully saturated rings. The van der Waals surface area contributed by atoms with Crippen LogP contribution in [0.2, 0.25) is 0 Å². The number of benzene rings is 1. The minimum atomic E-state index is -0.344. The van der Waals surface area contributed by atoms with Gasteiger partial charge in [0, 0.05) is 12.6 Å². The third kappa shape index (κ3) is 2.04. The van der Waals surface area contributed by atoms with Crippen molar-refractivity contribution in [1.29, 1.82) is 0 Å². The van der Waals surface area contributed by atoms with Crippen LogP contribution in [-0.2, 0) is 7.05 Å². The molecule has 0 aliphatic heterocycles. The number of rotatable bonds is 4. The number of para-hydroxylation sites is 1. The molecule has 96 valence electrons. The molecule has 0 aliphatic rings. The van der Waals surface area contributed by atoms with Crippen LogP contribution in [0.25, 0.3) is 0 Å². The molecule has 2 aromatic rings. The molecule has 0 radical (unpaired) electrons. The third-order valence-electron chi connectivity index (χ3n) is 2.94. The number of ether oxygens (including phenoxy) is 2. The molecule has 0 amide bonds. The zero-order chi connectivity index (χ0) is 13.1. The van der Waals surface area contributed by atoms with E-state index < -0.39 is 0 Å². The van der Waals surface area contributed by atoms with Crippen LogP contribution in [0, 0.1) is 0 Å². The lowest BCUT2D eigenvalue weighted by Crippen LogP contribution is -2.17. The standard InChI is InChI=1S/C13H17N3O2/c1-16-13(11(18-3)8-15-16)12(14)9-6-4-5-7-10(9)17-2/h4-8,12H,14H2,1-3H3. The molecule has 5 nitrogen and oxygen atoms in total. The van der Waals surface area contributed by atoms with Gasteiger partial charge in [-0.2, -0.15) is 5.10 Å². The summed E-state index contributed by atoms with van der Waals surface area (Å²) in [6, 6.07) is 7.33. The molecule has 1 atom stereocenters. The summed E-state index contributed by atoms with van der Waals surface area (Å²) in [7, 11) is 5.08. The van der Waals surface area contributed by atoms with Crippen molar-refractivity contribution in [2.45, 2.75) is 6.04 Å². The van der Waals surface area contributed by atoms with Crippen molar-refractivity contribution in [1.82, 2.24) is 9.78 Å². The fraction of sp³-hybridized carbons (Fsp3) is 0.308. The second-order valence-corrected chi connectivity index (χ2v) is 3.94. The lowest BCUT2D eigenvalue weighted by molar-refractivity contribution is 0.398. The summed E-state index contributed by atoms with van der Waals surface area (Å²) in [4.78, 5) is 0. The second-order valence-electron chi connectivity index (χ2n) is 3.94. The van der Waals surface area contributed by atoms with Gasteiger partial charge in [0.25, 0.3) is 0 Å². The molecule has 1 unspecified atom stereocenters. The smallest absolute Gasteiger partial charge is 0.161 e. The Hall–Kier alpha value is -2.01. The molecular formula is C13H17N3O2. The summed E-state index contributed by atoms with van der Waals surface area (Å²) in [5, 5.41) is 4.16. The van der Waals surface area contributed by atoms with Gasteiger partial charge in [-0.25, -0.2) is 0 Å². The molecule has 0 bridgehead atoms.